The van der Waals surface area contributed by atoms with Gasteiger partial charge < -0.3 is 15.8 Å². The van der Waals surface area contributed by atoms with Crippen LogP contribution in [0, 0.1) is 0 Å². The Hall–Kier alpha value is -1.56. The number of anilines is 1. The molecule has 0 spiro atoms. The van der Waals surface area contributed by atoms with E-state index in [9.17, 15) is 9.59 Å². The van der Waals surface area contributed by atoms with Crippen LogP contribution in [0.25, 0.3) is 0 Å². The number of nitrogen functional groups attached to an aromatic ring is 1. The smallest absolute Gasteiger partial charge is 0.328 e. The zero-order valence-corrected chi connectivity index (χ0v) is 11.8. The van der Waals surface area contributed by atoms with Crippen molar-refractivity contribution in [1.29, 1.82) is 0 Å². The molecule has 0 aliphatic rings. The van der Waals surface area contributed by atoms with E-state index in [0.717, 1.165) is 4.47 Å². The highest BCUT2D eigenvalue weighted by molar-refractivity contribution is 9.10. The van der Waals surface area contributed by atoms with Crippen molar-refractivity contribution < 1.29 is 14.3 Å². The lowest BCUT2D eigenvalue weighted by atomic mass is 10.1. The van der Waals surface area contributed by atoms with Gasteiger partial charge in [-0.15, -0.1) is 0 Å². The Labute approximate surface area is 114 Å². The Kier molecular flexibility index (Phi) is 5.15. The molecule has 0 aliphatic heterocycles. The van der Waals surface area contributed by atoms with Crippen molar-refractivity contribution in [2.75, 3.05) is 12.3 Å². The van der Waals surface area contributed by atoms with E-state index in [4.69, 9.17) is 10.5 Å². The summed E-state index contributed by atoms with van der Waals surface area (Å²) >= 11 is 3.26. The first-order chi connectivity index (χ1) is 8.45. The first-order valence-corrected chi connectivity index (χ1v) is 6.27. The quantitative estimate of drug-likeness (QED) is 0.655. The van der Waals surface area contributed by atoms with Crippen molar-refractivity contribution in [3.8, 4) is 0 Å². The minimum Gasteiger partial charge on any atom is -0.464 e. The maximum Gasteiger partial charge on any atom is 0.328 e. The van der Waals surface area contributed by atoms with Gasteiger partial charge in [0.15, 0.2) is 0 Å². The second-order valence-electron chi connectivity index (χ2n) is 3.68. The van der Waals surface area contributed by atoms with Crippen LogP contribution in [0.3, 0.4) is 0 Å². The average molecular weight is 315 g/mol. The summed E-state index contributed by atoms with van der Waals surface area (Å²) in [5, 5.41) is 2.53. The summed E-state index contributed by atoms with van der Waals surface area (Å²) in [6.45, 7) is 3.54. The maximum atomic E-state index is 11.9. The molecule has 0 aromatic heterocycles. The number of amides is 1. The van der Waals surface area contributed by atoms with E-state index >= 15 is 0 Å². The minimum absolute atomic E-state index is 0.276. The molecule has 1 aromatic carbocycles. The van der Waals surface area contributed by atoms with Gasteiger partial charge >= 0.3 is 5.97 Å². The van der Waals surface area contributed by atoms with Gasteiger partial charge in [-0.1, -0.05) is 15.9 Å². The monoisotopic (exact) mass is 314 g/mol. The average Bonchev–Trinajstić information content (AvgIpc) is 2.32. The molecule has 0 bridgehead atoms. The minimum atomic E-state index is -0.712. The lowest BCUT2D eigenvalue weighted by Gasteiger charge is -2.13. The number of esters is 1. The van der Waals surface area contributed by atoms with Crippen LogP contribution in [0.2, 0.25) is 0 Å². The SMILES string of the molecule is CCOC(=O)C(C)NC(=O)c1cc(Br)ccc1N. The van der Waals surface area contributed by atoms with Gasteiger partial charge in [-0.3, -0.25) is 4.79 Å². The molecule has 1 unspecified atom stereocenters. The van der Waals surface area contributed by atoms with Crippen LogP contribution in [-0.4, -0.2) is 24.5 Å². The number of hydrogen-bond acceptors (Lipinski definition) is 4. The van der Waals surface area contributed by atoms with Crippen LogP contribution in [0.15, 0.2) is 22.7 Å². The predicted octanol–water partition coefficient (Wildman–Crippen LogP) is 1.71. The highest BCUT2D eigenvalue weighted by Crippen LogP contribution is 2.18. The van der Waals surface area contributed by atoms with Crippen molar-refractivity contribution in [2.45, 2.75) is 19.9 Å². The van der Waals surface area contributed by atoms with Crippen molar-refractivity contribution in [3.63, 3.8) is 0 Å². The zero-order valence-electron chi connectivity index (χ0n) is 10.2. The highest BCUT2D eigenvalue weighted by atomic mass is 79.9. The van der Waals surface area contributed by atoms with Crippen molar-refractivity contribution in [3.05, 3.63) is 28.2 Å². The number of carbonyl (C=O) groups excluding carboxylic acids is 2. The number of halogens is 1. The van der Waals surface area contributed by atoms with Crippen LogP contribution in [0.5, 0.6) is 0 Å². The topological polar surface area (TPSA) is 81.4 Å². The van der Waals surface area contributed by atoms with Crippen LogP contribution in [-0.2, 0) is 9.53 Å². The fourth-order valence-electron chi connectivity index (χ4n) is 1.33. The number of hydrogen-bond donors (Lipinski definition) is 2. The molecule has 0 radical (unpaired) electrons. The Morgan fingerprint density at radius 1 is 1.50 bits per heavy atom. The molecular weight excluding hydrogens is 300 g/mol. The fourth-order valence-corrected chi connectivity index (χ4v) is 1.69. The van der Waals surface area contributed by atoms with E-state index in [0.29, 0.717) is 11.3 Å². The van der Waals surface area contributed by atoms with Gasteiger partial charge in [-0.05, 0) is 32.0 Å². The highest BCUT2D eigenvalue weighted by Gasteiger charge is 2.18. The molecule has 0 heterocycles. The molecule has 0 fully saturated rings. The number of rotatable bonds is 4. The first kappa shape index (κ1) is 14.5. The normalized spacial score (nSPS) is 11.7. The van der Waals surface area contributed by atoms with Crippen LogP contribution in [0.1, 0.15) is 24.2 Å². The Balaban J connectivity index is 2.76. The molecule has 6 heteroatoms. The summed E-state index contributed by atoms with van der Waals surface area (Å²) in [7, 11) is 0. The third kappa shape index (κ3) is 3.73. The summed E-state index contributed by atoms with van der Waals surface area (Å²) in [4.78, 5) is 23.3. The van der Waals surface area contributed by atoms with Gasteiger partial charge in [0.25, 0.3) is 5.91 Å². The summed E-state index contributed by atoms with van der Waals surface area (Å²) in [6, 6.07) is 4.24. The predicted molar refractivity (Wildman–Crippen MR) is 72.1 cm³/mol. The second-order valence-corrected chi connectivity index (χ2v) is 4.59. The third-order valence-electron chi connectivity index (χ3n) is 2.25. The van der Waals surface area contributed by atoms with Gasteiger partial charge in [0, 0.05) is 10.2 Å². The molecule has 18 heavy (non-hydrogen) atoms. The molecule has 98 valence electrons. The lowest BCUT2D eigenvalue weighted by Crippen LogP contribution is -2.39. The second kappa shape index (κ2) is 6.39. The Morgan fingerprint density at radius 3 is 2.78 bits per heavy atom. The van der Waals surface area contributed by atoms with E-state index in [2.05, 4.69) is 21.2 Å². The molecule has 3 N–H and O–H groups in total. The number of nitrogens with two attached hydrogens (primary N) is 1. The number of ether oxygens (including phenoxy) is 1. The molecule has 0 saturated heterocycles. The number of nitrogens with one attached hydrogen (secondary N) is 1. The summed E-state index contributed by atoms with van der Waals surface area (Å²) < 4.78 is 5.54. The Bertz CT molecular complexity index is 463. The Morgan fingerprint density at radius 2 is 2.17 bits per heavy atom. The van der Waals surface area contributed by atoms with Crippen LogP contribution < -0.4 is 11.1 Å². The van der Waals surface area contributed by atoms with Gasteiger partial charge in [-0.2, -0.15) is 0 Å². The van der Waals surface area contributed by atoms with Crippen LogP contribution >= 0.6 is 15.9 Å². The first-order valence-electron chi connectivity index (χ1n) is 5.48. The molecule has 5 nitrogen and oxygen atoms in total. The molecule has 1 atom stereocenters. The molecular formula is C12H15BrN2O3. The maximum absolute atomic E-state index is 11.9. The molecule has 1 amide bonds. The third-order valence-corrected chi connectivity index (χ3v) is 2.74. The van der Waals surface area contributed by atoms with Gasteiger partial charge in [0.1, 0.15) is 6.04 Å². The zero-order chi connectivity index (χ0) is 13.7. The van der Waals surface area contributed by atoms with E-state index in [-0.39, 0.29) is 6.61 Å². The summed E-state index contributed by atoms with van der Waals surface area (Å²) in [5.41, 5.74) is 6.38. The van der Waals surface area contributed by atoms with Crippen LogP contribution in [0.4, 0.5) is 5.69 Å². The largest absolute Gasteiger partial charge is 0.464 e. The summed E-state index contributed by atoms with van der Waals surface area (Å²) in [6.07, 6.45) is 0. The number of benzene rings is 1. The van der Waals surface area contributed by atoms with E-state index in [1.165, 1.54) is 0 Å². The number of carbonyl (C=O) groups is 2. The molecule has 0 aliphatic carbocycles. The fraction of sp³-hybridized carbons (Fsp3) is 0.333. The van der Waals surface area contributed by atoms with E-state index in [1.54, 1.807) is 32.0 Å². The van der Waals surface area contributed by atoms with Crippen molar-refractivity contribution >= 4 is 33.5 Å². The van der Waals surface area contributed by atoms with Crippen molar-refractivity contribution in [2.24, 2.45) is 0 Å². The summed E-state index contributed by atoms with van der Waals surface area (Å²) in [5.74, 6) is -0.881. The van der Waals surface area contributed by atoms with E-state index < -0.39 is 17.9 Å². The lowest BCUT2D eigenvalue weighted by molar-refractivity contribution is -0.144. The standard InChI is InChI=1S/C12H15BrN2O3/c1-3-18-12(17)7(2)15-11(16)9-6-8(13)4-5-10(9)14/h4-7H,3,14H2,1-2H3,(H,15,16). The molecule has 0 saturated carbocycles. The molecule has 1 aromatic rings. The van der Waals surface area contributed by atoms with E-state index in [1.807, 2.05) is 0 Å². The van der Waals surface area contributed by atoms with Gasteiger partial charge in [-0.25, -0.2) is 4.79 Å². The van der Waals surface area contributed by atoms with Crippen molar-refractivity contribution in [1.82, 2.24) is 5.32 Å². The van der Waals surface area contributed by atoms with Gasteiger partial charge in [0.2, 0.25) is 0 Å². The van der Waals surface area contributed by atoms with Gasteiger partial charge in [0.05, 0.1) is 12.2 Å². The molecule has 1 rings (SSSR count).